The molecule has 3 rings (SSSR count). The summed E-state index contributed by atoms with van der Waals surface area (Å²) in [6.07, 6.45) is 0. The highest BCUT2D eigenvalue weighted by atomic mass is 19.3. The standard InChI is InChI=1S/C15H9F3N2O2/c16-11-5-1-9(2-6-11)13-19-14(22-20-13)10-3-7-12(8-4-10)21-15(17)18/h1-8,15H. The minimum Gasteiger partial charge on any atom is -0.435 e. The second kappa shape index (κ2) is 5.88. The van der Waals surface area contributed by atoms with Crippen molar-refractivity contribution < 1.29 is 22.4 Å². The maximum absolute atomic E-state index is 12.9. The lowest BCUT2D eigenvalue weighted by Gasteiger charge is -2.03. The molecule has 0 N–H and O–H groups in total. The third-order valence-electron chi connectivity index (χ3n) is 2.85. The highest BCUT2D eigenvalue weighted by Crippen LogP contribution is 2.24. The molecule has 0 bridgehead atoms. The Morgan fingerprint density at radius 2 is 1.55 bits per heavy atom. The van der Waals surface area contributed by atoms with Crippen molar-refractivity contribution in [3.63, 3.8) is 0 Å². The Bertz CT molecular complexity index is 755. The van der Waals surface area contributed by atoms with Crippen LogP contribution in [0.25, 0.3) is 22.8 Å². The average Bonchev–Trinajstić information content (AvgIpc) is 2.98. The van der Waals surface area contributed by atoms with Crippen molar-refractivity contribution in [1.29, 1.82) is 0 Å². The molecule has 0 amide bonds. The lowest BCUT2D eigenvalue weighted by atomic mass is 10.2. The van der Waals surface area contributed by atoms with Gasteiger partial charge in [0.05, 0.1) is 0 Å². The van der Waals surface area contributed by atoms with Gasteiger partial charge in [-0.25, -0.2) is 4.39 Å². The van der Waals surface area contributed by atoms with Gasteiger partial charge >= 0.3 is 6.61 Å². The van der Waals surface area contributed by atoms with Crippen molar-refractivity contribution in [3.8, 4) is 28.6 Å². The van der Waals surface area contributed by atoms with Crippen LogP contribution in [0.3, 0.4) is 0 Å². The molecule has 0 saturated carbocycles. The molecule has 0 atom stereocenters. The summed E-state index contributed by atoms with van der Waals surface area (Å²) in [4.78, 5) is 4.18. The normalized spacial score (nSPS) is 10.9. The van der Waals surface area contributed by atoms with E-state index in [0.29, 0.717) is 17.0 Å². The van der Waals surface area contributed by atoms with E-state index in [2.05, 4.69) is 14.9 Å². The van der Waals surface area contributed by atoms with Gasteiger partial charge in [-0.2, -0.15) is 13.8 Å². The zero-order chi connectivity index (χ0) is 15.5. The van der Waals surface area contributed by atoms with Gasteiger partial charge in [0.2, 0.25) is 5.82 Å². The number of hydrogen-bond acceptors (Lipinski definition) is 4. The first-order chi connectivity index (χ1) is 10.6. The van der Waals surface area contributed by atoms with E-state index in [1.165, 1.54) is 48.5 Å². The van der Waals surface area contributed by atoms with Crippen LogP contribution in [0.5, 0.6) is 5.75 Å². The van der Waals surface area contributed by atoms with Crippen molar-refractivity contribution in [2.75, 3.05) is 0 Å². The highest BCUT2D eigenvalue weighted by Gasteiger charge is 2.11. The van der Waals surface area contributed by atoms with Gasteiger partial charge in [0, 0.05) is 11.1 Å². The first-order valence-electron chi connectivity index (χ1n) is 6.27. The van der Waals surface area contributed by atoms with Gasteiger partial charge in [-0.05, 0) is 48.5 Å². The fraction of sp³-hybridized carbons (Fsp3) is 0.0667. The van der Waals surface area contributed by atoms with Crippen LogP contribution in [-0.2, 0) is 0 Å². The van der Waals surface area contributed by atoms with E-state index in [1.54, 1.807) is 0 Å². The molecule has 0 unspecified atom stereocenters. The van der Waals surface area contributed by atoms with E-state index in [-0.39, 0.29) is 17.5 Å². The molecule has 1 aromatic heterocycles. The van der Waals surface area contributed by atoms with E-state index in [9.17, 15) is 13.2 Å². The summed E-state index contributed by atoms with van der Waals surface area (Å²) in [5.74, 6) is 0.213. The van der Waals surface area contributed by atoms with Crippen molar-refractivity contribution in [2.24, 2.45) is 0 Å². The Labute approximate surface area is 123 Å². The summed E-state index contributed by atoms with van der Waals surface area (Å²) in [5.41, 5.74) is 1.16. The molecule has 0 radical (unpaired) electrons. The predicted molar refractivity (Wildman–Crippen MR) is 71.8 cm³/mol. The third-order valence-corrected chi connectivity index (χ3v) is 2.85. The molecule has 0 spiro atoms. The minimum absolute atomic E-state index is 0.0389. The van der Waals surface area contributed by atoms with Crippen LogP contribution in [0.4, 0.5) is 13.2 Å². The summed E-state index contributed by atoms with van der Waals surface area (Å²) in [6.45, 7) is -2.88. The van der Waals surface area contributed by atoms with E-state index in [0.717, 1.165) is 0 Å². The Morgan fingerprint density at radius 3 is 2.18 bits per heavy atom. The van der Waals surface area contributed by atoms with Gasteiger partial charge in [0.15, 0.2) is 0 Å². The van der Waals surface area contributed by atoms with E-state index in [1.807, 2.05) is 0 Å². The number of hydrogen-bond donors (Lipinski definition) is 0. The topological polar surface area (TPSA) is 48.2 Å². The van der Waals surface area contributed by atoms with Crippen molar-refractivity contribution in [2.45, 2.75) is 6.61 Å². The van der Waals surface area contributed by atoms with Crippen molar-refractivity contribution in [3.05, 3.63) is 54.3 Å². The summed E-state index contributed by atoms with van der Waals surface area (Å²) in [7, 11) is 0. The van der Waals surface area contributed by atoms with E-state index in [4.69, 9.17) is 4.52 Å². The largest absolute Gasteiger partial charge is 0.435 e. The second-order valence-electron chi connectivity index (χ2n) is 4.33. The Morgan fingerprint density at radius 1 is 0.909 bits per heavy atom. The Kier molecular flexibility index (Phi) is 3.78. The molecule has 1 heterocycles. The molecule has 0 saturated heterocycles. The fourth-order valence-corrected chi connectivity index (χ4v) is 1.84. The van der Waals surface area contributed by atoms with Gasteiger partial charge in [0.25, 0.3) is 5.89 Å². The molecule has 0 aliphatic rings. The highest BCUT2D eigenvalue weighted by molar-refractivity contribution is 5.60. The summed E-state index contributed by atoms with van der Waals surface area (Å²) in [6, 6.07) is 11.5. The molecule has 4 nitrogen and oxygen atoms in total. The predicted octanol–water partition coefficient (Wildman–Crippen LogP) is 4.14. The lowest BCUT2D eigenvalue weighted by molar-refractivity contribution is -0.0498. The first kappa shape index (κ1) is 14.1. The lowest BCUT2D eigenvalue weighted by Crippen LogP contribution is -2.01. The number of ether oxygens (including phenoxy) is 1. The van der Waals surface area contributed by atoms with E-state index >= 15 is 0 Å². The summed E-state index contributed by atoms with van der Waals surface area (Å²) in [5, 5.41) is 3.80. The quantitative estimate of drug-likeness (QED) is 0.726. The third kappa shape index (κ3) is 3.08. The van der Waals surface area contributed by atoms with Crippen LogP contribution in [0.1, 0.15) is 0 Å². The number of benzene rings is 2. The fourth-order valence-electron chi connectivity index (χ4n) is 1.84. The molecule has 0 fully saturated rings. The molecule has 2 aromatic carbocycles. The van der Waals surface area contributed by atoms with Gasteiger partial charge in [-0.15, -0.1) is 0 Å². The van der Waals surface area contributed by atoms with Gasteiger partial charge in [-0.1, -0.05) is 5.16 Å². The monoisotopic (exact) mass is 306 g/mol. The molecular weight excluding hydrogens is 297 g/mol. The molecule has 0 aliphatic carbocycles. The molecule has 0 aliphatic heterocycles. The van der Waals surface area contributed by atoms with Crippen molar-refractivity contribution in [1.82, 2.24) is 10.1 Å². The molecule has 22 heavy (non-hydrogen) atoms. The summed E-state index contributed by atoms with van der Waals surface area (Å²) >= 11 is 0. The minimum atomic E-state index is -2.88. The van der Waals surface area contributed by atoms with Crippen LogP contribution in [0, 0.1) is 5.82 Å². The number of aromatic nitrogens is 2. The zero-order valence-corrected chi connectivity index (χ0v) is 11.0. The number of halogens is 3. The zero-order valence-electron chi connectivity index (χ0n) is 11.0. The van der Waals surface area contributed by atoms with E-state index < -0.39 is 6.61 Å². The second-order valence-corrected chi connectivity index (χ2v) is 4.33. The smallest absolute Gasteiger partial charge is 0.387 e. The molecule has 3 aromatic rings. The van der Waals surface area contributed by atoms with Crippen LogP contribution >= 0.6 is 0 Å². The first-order valence-corrected chi connectivity index (χ1v) is 6.27. The molecule has 7 heteroatoms. The molecule has 112 valence electrons. The van der Waals surface area contributed by atoms with Crippen LogP contribution < -0.4 is 4.74 Å². The van der Waals surface area contributed by atoms with Crippen LogP contribution in [-0.4, -0.2) is 16.8 Å². The molecular formula is C15H9F3N2O2. The number of alkyl halides is 2. The van der Waals surface area contributed by atoms with Gasteiger partial charge in [-0.3, -0.25) is 0 Å². The summed E-state index contributed by atoms with van der Waals surface area (Å²) < 4.78 is 46.4. The van der Waals surface area contributed by atoms with Gasteiger partial charge in [0.1, 0.15) is 11.6 Å². The van der Waals surface area contributed by atoms with Crippen LogP contribution in [0.2, 0.25) is 0 Å². The maximum atomic E-state index is 12.9. The van der Waals surface area contributed by atoms with Crippen LogP contribution in [0.15, 0.2) is 53.1 Å². The average molecular weight is 306 g/mol. The maximum Gasteiger partial charge on any atom is 0.387 e. The van der Waals surface area contributed by atoms with Crippen molar-refractivity contribution >= 4 is 0 Å². The Hall–Kier alpha value is -2.83. The number of nitrogens with zero attached hydrogens (tertiary/aromatic N) is 2. The van der Waals surface area contributed by atoms with Gasteiger partial charge < -0.3 is 9.26 Å². The SMILES string of the molecule is Fc1ccc(-c2noc(-c3ccc(OC(F)F)cc3)n2)cc1. The number of rotatable bonds is 4. The Balaban J connectivity index is 1.82.